The van der Waals surface area contributed by atoms with Gasteiger partial charge < -0.3 is 20.6 Å². The van der Waals surface area contributed by atoms with E-state index in [0.717, 1.165) is 12.8 Å². The molecule has 20 heavy (non-hydrogen) atoms. The van der Waals surface area contributed by atoms with Crippen LogP contribution in [0.1, 0.15) is 31.5 Å². The van der Waals surface area contributed by atoms with Crippen molar-refractivity contribution in [2.75, 3.05) is 24.5 Å². The second-order valence-corrected chi connectivity index (χ2v) is 5.11. The van der Waals surface area contributed by atoms with E-state index in [2.05, 4.69) is 20.7 Å². The summed E-state index contributed by atoms with van der Waals surface area (Å²) in [4.78, 5) is 8.62. The van der Waals surface area contributed by atoms with Gasteiger partial charge in [-0.3, -0.25) is 0 Å². The molecule has 1 aliphatic carbocycles. The summed E-state index contributed by atoms with van der Waals surface area (Å²) < 4.78 is 5.05. The molecule has 112 valence electrons. The van der Waals surface area contributed by atoms with Crippen LogP contribution in [0.4, 0.5) is 11.6 Å². The number of aliphatic hydroxyl groups is 1. The maximum Gasteiger partial charge on any atom is 0.158 e. The lowest BCUT2D eigenvalue weighted by atomic mass is 9.85. The van der Waals surface area contributed by atoms with Crippen LogP contribution >= 0.6 is 0 Å². The summed E-state index contributed by atoms with van der Waals surface area (Å²) in [7, 11) is 1.60. The van der Waals surface area contributed by atoms with E-state index in [-0.39, 0.29) is 18.6 Å². The van der Waals surface area contributed by atoms with Gasteiger partial charge in [-0.05, 0) is 12.8 Å². The van der Waals surface area contributed by atoms with E-state index in [4.69, 9.17) is 10.6 Å². The molecule has 1 aliphatic rings. The van der Waals surface area contributed by atoms with Gasteiger partial charge >= 0.3 is 0 Å². The van der Waals surface area contributed by atoms with Gasteiger partial charge in [0.15, 0.2) is 5.82 Å². The lowest BCUT2D eigenvalue weighted by Gasteiger charge is -2.31. The molecule has 7 nitrogen and oxygen atoms in total. The zero-order chi connectivity index (χ0) is 14.4. The van der Waals surface area contributed by atoms with Crippen LogP contribution in [-0.4, -0.2) is 34.8 Å². The Bertz CT molecular complexity index is 429. The van der Waals surface area contributed by atoms with Gasteiger partial charge in [0.1, 0.15) is 18.2 Å². The summed E-state index contributed by atoms with van der Waals surface area (Å²) in [6.45, 7) is 0.536. The van der Waals surface area contributed by atoms with Crippen molar-refractivity contribution < 1.29 is 9.84 Å². The highest BCUT2D eigenvalue weighted by atomic mass is 16.5. The smallest absolute Gasteiger partial charge is 0.158 e. The number of nitrogens with zero attached hydrogens (tertiary/aromatic N) is 2. The highest BCUT2D eigenvalue weighted by molar-refractivity contribution is 5.47. The van der Waals surface area contributed by atoms with Crippen molar-refractivity contribution in [3.05, 3.63) is 11.9 Å². The molecule has 2 rings (SSSR count). The number of aromatic nitrogens is 2. The Balaban J connectivity index is 2.12. The number of ether oxygens (including phenoxy) is 1. The number of nitrogens with one attached hydrogen (secondary N) is 2. The van der Waals surface area contributed by atoms with Crippen LogP contribution < -0.4 is 16.6 Å². The Kier molecular flexibility index (Phi) is 5.51. The maximum absolute atomic E-state index is 9.45. The number of nitrogen functional groups attached to an aromatic ring is 1. The van der Waals surface area contributed by atoms with E-state index in [9.17, 15) is 5.11 Å². The average Bonchev–Trinajstić information content (AvgIpc) is 2.48. The van der Waals surface area contributed by atoms with Crippen LogP contribution in [0, 0.1) is 5.92 Å². The Labute approximate surface area is 118 Å². The molecule has 0 aliphatic heterocycles. The van der Waals surface area contributed by atoms with Gasteiger partial charge in [0.25, 0.3) is 0 Å². The second kappa shape index (κ2) is 7.37. The topological polar surface area (TPSA) is 105 Å². The van der Waals surface area contributed by atoms with Gasteiger partial charge in [-0.15, -0.1) is 0 Å². The minimum atomic E-state index is 0.204. The van der Waals surface area contributed by atoms with Crippen LogP contribution in [0.3, 0.4) is 0 Å². The second-order valence-electron chi connectivity index (χ2n) is 5.11. The lowest BCUT2D eigenvalue weighted by Crippen LogP contribution is -2.34. The predicted octanol–water partition coefficient (Wildman–Crippen LogP) is 0.872. The number of aliphatic hydroxyl groups excluding tert-OH is 1. The standard InChI is InChI=1S/C13H23N5O2/c1-20-8-13-16-11(6-12(17-13)18-14)15-10-5-3-2-4-9(10)7-19/h6,9-10,19H,2-5,7-8,14H2,1H3,(H2,15,16,17,18). The van der Waals surface area contributed by atoms with Gasteiger partial charge in [-0.2, -0.15) is 0 Å². The number of hydrogen-bond donors (Lipinski definition) is 4. The van der Waals surface area contributed by atoms with E-state index in [1.54, 1.807) is 13.2 Å². The van der Waals surface area contributed by atoms with E-state index in [1.807, 2.05) is 0 Å². The average molecular weight is 281 g/mol. The normalized spacial score (nSPS) is 22.6. The van der Waals surface area contributed by atoms with Crippen molar-refractivity contribution in [3.63, 3.8) is 0 Å². The number of anilines is 2. The SMILES string of the molecule is COCc1nc(NN)cc(NC2CCCCC2CO)n1. The Morgan fingerprint density at radius 1 is 1.35 bits per heavy atom. The molecule has 1 aromatic rings. The minimum absolute atomic E-state index is 0.204. The summed E-state index contributed by atoms with van der Waals surface area (Å²) in [6, 6.07) is 2.01. The number of rotatable bonds is 6. The molecule has 5 N–H and O–H groups in total. The Morgan fingerprint density at radius 3 is 2.80 bits per heavy atom. The highest BCUT2D eigenvalue weighted by Gasteiger charge is 2.24. The molecular weight excluding hydrogens is 258 g/mol. The van der Waals surface area contributed by atoms with Gasteiger partial charge in [-0.25, -0.2) is 15.8 Å². The Hall–Kier alpha value is -1.44. The maximum atomic E-state index is 9.45. The molecule has 1 fully saturated rings. The Morgan fingerprint density at radius 2 is 2.10 bits per heavy atom. The van der Waals surface area contributed by atoms with E-state index >= 15 is 0 Å². The third-order valence-electron chi connectivity index (χ3n) is 3.67. The summed E-state index contributed by atoms with van der Waals surface area (Å²) in [5.41, 5.74) is 2.53. The lowest BCUT2D eigenvalue weighted by molar-refractivity contribution is 0.176. The molecule has 7 heteroatoms. The molecular formula is C13H23N5O2. The third kappa shape index (κ3) is 3.78. The first kappa shape index (κ1) is 15.0. The van der Waals surface area contributed by atoms with Crippen LogP contribution in [0.5, 0.6) is 0 Å². The van der Waals surface area contributed by atoms with Crippen molar-refractivity contribution in [3.8, 4) is 0 Å². The number of hydrazine groups is 1. The van der Waals surface area contributed by atoms with Gasteiger partial charge in [0, 0.05) is 31.7 Å². The van der Waals surface area contributed by atoms with Crippen LogP contribution in [0.15, 0.2) is 6.07 Å². The quantitative estimate of drug-likeness (QED) is 0.453. The zero-order valence-electron chi connectivity index (χ0n) is 11.8. The molecule has 1 aromatic heterocycles. The van der Waals surface area contributed by atoms with Crippen molar-refractivity contribution in [2.24, 2.45) is 11.8 Å². The fourth-order valence-corrected chi connectivity index (χ4v) is 2.64. The summed E-state index contributed by atoms with van der Waals surface area (Å²) >= 11 is 0. The van der Waals surface area contributed by atoms with E-state index in [1.165, 1.54) is 12.8 Å². The third-order valence-corrected chi connectivity index (χ3v) is 3.67. The number of hydrogen-bond acceptors (Lipinski definition) is 7. The molecule has 0 saturated heterocycles. The molecule has 2 atom stereocenters. The first-order chi connectivity index (χ1) is 9.76. The molecule has 0 radical (unpaired) electrons. The molecule has 0 bridgehead atoms. The summed E-state index contributed by atoms with van der Waals surface area (Å²) in [5, 5.41) is 12.8. The molecule has 1 saturated carbocycles. The number of methoxy groups -OCH3 is 1. The monoisotopic (exact) mass is 281 g/mol. The first-order valence-corrected chi connectivity index (χ1v) is 6.97. The largest absolute Gasteiger partial charge is 0.396 e. The van der Waals surface area contributed by atoms with Crippen LogP contribution in [0.25, 0.3) is 0 Å². The minimum Gasteiger partial charge on any atom is -0.396 e. The highest BCUT2D eigenvalue weighted by Crippen LogP contribution is 2.27. The molecule has 0 aromatic carbocycles. The van der Waals surface area contributed by atoms with Crippen molar-refractivity contribution in [2.45, 2.75) is 38.3 Å². The first-order valence-electron chi connectivity index (χ1n) is 6.97. The van der Waals surface area contributed by atoms with E-state index < -0.39 is 0 Å². The van der Waals surface area contributed by atoms with Crippen molar-refractivity contribution >= 4 is 11.6 Å². The van der Waals surface area contributed by atoms with Gasteiger partial charge in [0.2, 0.25) is 0 Å². The van der Waals surface area contributed by atoms with Crippen molar-refractivity contribution in [1.82, 2.24) is 9.97 Å². The van der Waals surface area contributed by atoms with Gasteiger partial charge in [-0.1, -0.05) is 12.8 Å². The predicted molar refractivity (Wildman–Crippen MR) is 77.0 cm³/mol. The summed E-state index contributed by atoms with van der Waals surface area (Å²) in [6.07, 6.45) is 4.44. The molecule has 1 heterocycles. The molecule has 0 amide bonds. The number of nitrogens with two attached hydrogens (primary N) is 1. The molecule has 0 spiro atoms. The fraction of sp³-hybridized carbons (Fsp3) is 0.692. The summed E-state index contributed by atoms with van der Waals surface area (Å²) in [5.74, 6) is 7.53. The van der Waals surface area contributed by atoms with Crippen LogP contribution in [0.2, 0.25) is 0 Å². The van der Waals surface area contributed by atoms with E-state index in [0.29, 0.717) is 24.1 Å². The van der Waals surface area contributed by atoms with Crippen molar-refractivity contribution in [1.29, 1.82) is 0 Å². The van der Waals surface area contributed by atoms with Gasteiger partial charge in [0.05, 0.1) is 0 Å². The molecule has 2 unspecified atom stereocenters. The van der Waals surface area contributed by atoms with Crippen LogP contribution in [-0.2, 0) is 11.3 Å². The fourth-order valence-electron chi connectivity index (χ4n) is 2.64. The zero-order valence-corrected chi connectivity index (χ0v) is 11.8.